The minimum Gasteiger partial charge on any atom is -0.481 e. The van der Waals surface area contributed by atoms with Crippen molar-refractivity contribution >= 4 is 21.7 Å². The van der Waals surface area contributed by atoms with Gasteiger partial charge in [-0.15, -0.1) is 0 Å². The normalized spacial score (nSPS) is 27.2. The van der Waals surface area contributed by atoms with E-state index >= 15 is 0 Å². The fourth-order valence-corrected chi connectivity index (χ4v) is 5.78. The Balaban J connectivity index is 1.83. The number of carbonyl (C=O) groups excluding carboxylic acids is 1. The lowest BCUT2D eigenvalue weighted by Gasteiger charge is -2.30. The lowest BCUT2D eigenvalue weighted by molar-refractivity contribution is -0.149. The van der Waals surface area contributed by atoms with Gasteiger partial charge in [0.2, 0.25) is 5.91 Å². The van der Waals surface area contributed by atoms with E-state index in [-0.39, 0.29) is 23.6 Å². The van der Waals surface area contributed by atoms with Crippen LogP contribution in [-0.2, 0) is 19.4 Å². The molecule has 0 unspecified atom stereocenters. The van der Waals surface area contributed by atoms with Crippen LogP contribution in [0.3, 0.4) is 0 Å². The third kappa shape index (κ3) is 3.56. The van der Waals surface area contributed by atoms with E-state index in [2.05, 4.69) is 0 Å². The van der Waals surface area contributed by atoms with Crippen LogP contribution >= 0.6 is 0 Å². The first-order valence-corrected chi connectivity index (χ1v) is 10.3. The molecule has 2 aliphatic rings. The minimum absolute atomic E-state index is 0.00317. The average molecular weight is 365 g/mol. The van der Waals surface area contributed by atoms with Gasteiger partial charge in [-0.3, -0.25) is 9.59 Å². The summed E-state index contributed by atoms with van der Waals surface area (Å²) in [4.78, 5) is 26.3. The number of carbonyl (C=O) groups is 2. The van der Waals surface area contributed by atoms with Gasteiger partial charge in [-0.05, 0) is 44.2 Å². The van der Waals surface area contributed by atoms with Gasteiger partial charge >= 0.3 is 5.97 Å². The maximum absolute atomic E-state index is 12.8. The SMILES string of the molecule is O=C(O)[C@@H]1C[C@H](S(=O)(=O)c2ccccc2)C[C@H]1C(=O)N1CCCCC1. The Morgan fingerprint density at radius 1 is 0.960 bits per heavy atom. The largest absolute Gasteiger partial charge is 0.481 e. The Labute approximate surface area is 147 Å². The Morgan fingerprint density at radius 2 is 1.56 bits per heavy atom. The molecule has 1 N–H and O–H groups in total. The number of piperidine rings is 1. The number of carboxylic acids is 1. The summed E-state index contributed by atoms with van der Waals surface area (Å²) in [7, 11) is -3.64. The highest BCUT2D eigenvalue weighted by atomic mass is 32.2. The molecule has 1 amide bonds. The number of hydrogen-bond acceptors (Lipinski definition) is 4. The van der Waals surface area contributed by atoms with Crippen molar-refractivity contribution in [3.63, 3.8) is 0 Å². The highest BCUT2D eigenvalue weighted by Crippen LogP contribution is 2.39. The van der Waals surface area contributed by atoms with Gasteiger partial charge in [0.15, 0.2) is 9.84 Å². The van der Waals surface area contributed by atoms with Crippen LogP contribution in [0.5, 0.6) is 0 Å². The number of hydrogen-bond donors (Lipinski definition) is 1. The average Bonchev–Trinajstić information content (AvgIpc) is 3.09. The Bertz CT molecular complexity index is 740. The fourth-order valence-electron chi connectivity index (χ4n) is 3.94. The zero-order valence-electron chi connectivity index (χ0n) is 14.0. The molecular weight excluding hydrogens is 342 g/mol. The highest BCUT2D eigenvalue weighted by molar-refractivity contribution is 7.92. The molecule has 136 valence electrons. The molecule has 0 radical (unpaired) electrons. The van der Waals surface area contributed by atoms with Gasteiger partial charge in [0, 0.05) is 13.1 Å². The summed E-state index contributed by atoms with van der Waals surface area (Å²) >= 11 is 0. The number of rotatable bonds is 4. The van der Waals surface area contributed by atoms with Crippen molar-refractivity contribution in [2.24, 2.45) is 11.8 Å². The number of nitrogens with zero attached hydrogens (tertiary/aromatic N) is 1. The van der Waals surface area contributed by atoms with E-state index in [1.54, 1.807) is 23.1 Å². The van der Waals surface area contributed by atoms with Crippen LogP contribution in [0.15, 0.2) is 35.2 Å². The van der Waals surface area contributed by atoms with Gasteiger partial charge in [0.1, 0.15) is 0 Å². The summed E-state index contributed by atoms with van der Waals surface area (Å²) in [6.07, 6.45) is 2.99. The highest BCUT2D eigenvalue weighted by Gasteiger charge is 2.48. The van der Waals surface area contributed by atoms with E-state index < -0.39 is 32.9 Å². The van der Waals surface area contributed by atoms with Crippen molar-refractivity contribution in [1.29, 1.82) is 0 Å². The second-order valence-electron chi connectivity index (χ2n) is 6.89. The first kappa shape index (κ1) is 17.9. The topological polar surface area (TPSA) is 91.7 Å². The first-order chi connectivity index (χ1) is 11.9. The van der Waals surface area contributed by atoms with E-state index in [1.165, 1.54) is 12.1 Å². The molecule has 1 aliphatic heterocycles. The number of likely N-dealkylation sites (tertiary alicyclic amines) is 1. The first-order valence-electron chi connectivity index (χ1n) is 8.72. The number of aliphatic carboxylic acids is 1. The predicted octanol–water partition coefficient (Wildman–Crippen LogP) is 1.95. The molecule has 1 saturated carbocycles. The Hall–Kier alpha value is -1.89. The van der Waals surface area contributed by atoms with Crippen LogP contribution in [0.4, 0.5) is 0 Å². The molecule has 7 heteroatoms. The molecule has 3 atom stereocenters. The number of amides is 1. The van der Waals surface area contributed by atoms with E-state index in [9.17, 15) is 23.1 Å². The monoisotopic (exact) mass is 365 g/mol. The van der Waals surface area contributed by atoms with E-state index in [1.807, 2.05) is 0 Å². The second kappa shape index (κ2) is 7.15. The molecule has 1 aromatic rings. The van der Waals surface area contributed by atoms with Crippen LogP contribution < -0.4 is 0 Å². The van der Waals surface area contributed by atoms with Crippen LogP contribution in [0.1, 0.15) is 32.1 Å². The molecule has 1 heterocycles. The predicted molar refractivity (Wildman–Crippen MR) is 91.7 cm³/mol. The number of benzene rings is 1. The van der Waals surface area contributed by atoms with Gasteiger partial charge in [0.05, 0.1) is 22.0 Å². The summed E-state index contributed by atoms with van der Waals surface area (Å²) in [5, 5.41) is 8.70. The third-order valence-corrected chi connectivity index (χ3v) is 7.52. The summed E-state index contributed by atoms with van der Waals surface area (Å²) in [5.41, 5.74) is 0. The molecule has 6 nitrogen and oxygen atoms in total. The molecule has 0 spiro atoms. The van der Waals surface area contributed by atoms with Crippen molar-refractivity contribution < 1.29 is 23.1 Å². The smallest absolute Gasteiger partial charge is 0.307 e. The fraction of sp³-hybridized carbons (Fsp3) is 0.556. The van der Waals surface area contributed by atoms with Crippen LogP contribution in [0.25, 0.3) is 0 Å². The van der Waals surface area contributed by atoms with Crippen molar-refractivity contribution in [2.45, 2.75) is 42.2 Å². The standard InChI is InChI=1S/C18H23NO5S/c20-17(19-9-5-2-6-10-19)15-11-14(12-16(15)18(21)22)25(23,24)13-7-3-1-4-8-13/h1,3-4,7-8,14-16H,2,5-6,9-12H2,(H,21,22)/t14-,15-,16-/m1/s1. The molecular formula is C18H23NO5S. The number of sulfone groups is 1. The summed E-state index contributed by atoms with van der Waals surface area (Å²) in [6, 6.07) is 8.06. The van der Waals surface area contributed by atoms with E-state index in [4.69, 9.17) is 0 Å². The maximum Gasteiger partial charge on any atom is 0.307 e. The van der Waals surface area contributed by atoms with Gasteiger partial charge in [0.25, 0.3) is 0 Å². The molecule has 1 saturated heterocycles. The molecule has 1 aromatic carbocycles. The van der Waals surface area contributed by atoms with Crippen molar-refractivity contribution in [3.8, 4) is 0 Å². The van der Waals surface area contributed by atoms with Crippen molar-refractivity contribution in [2.75, 3.05) is 13.1 Å². The molecule has 0 bridgehead atoms. The van der Waals surface area contributed by atoms with Gasteiger partial charge < -0.3 is 10.0 Å². The molecule has 3 rings (SSSR count). The third-order valence-electron chi connectivity index (χ3n) is 5.33. The lowest BCUT2D eigenvalue weighted by Crippen LogP contribution is -2.42. The minimum atomic E-state index is -3.64. The zero-order chi connectivity index (χ0) is 18.0. The quantitative estimate of drug-likeness (QED) is 0.880. The van der Waals surface area contributed by atoms with E-state index in [0.29, 0.717) is 13.1 Å². The van der Waals surface area contributed by atoms with Crippen molar-refractivity contribution in [3.05, 3.63) is 30.3 Å². The maximum atomic E-state index is 12.8. The van der Waals surface area contributed by atoms with Gasteiger partial charge in [-0.25, -0.2) is 8.42 Å². The van der Waals surface area contributed by atoms with Gasteiger partial charge in [-0.1, -0.05) is 18.2 Å². The summed E-state index contributed by atoms with van der Waals surface area (Å²) in [5.74, 6) is -2.96. The van der Waals surface area contributed by atoms with Crippen molar-refractivity contribution in [1.82, 2.24) is 4.90 Å². The van der Waals surface area contributed by atoms with Crippen LogP contribution in [0.2, 0.25) is 0 Å². The number of carboxylic acid groups (broad SMARTS) is 1. The Kier molecular flexibility index (Phi) is 5.13. The molecule has 2 fully saturated rings. The van der Waals surface area contributed by atoms with Gasteiger partial charge in [-0.2, -0.15) is 0 Å². The summed E-state index contributed by atoms with van der Waals surface area (Å²) < 4.78 is 25.7. The summed E-state index contributed by atoms with van der Waals surface area (Å²) in [6.45, 7) is 1.27. The Morgan fingerprint density at radius 3 is 2.16 bits per heavy atom. The van der Waals surface area contributed by atoms with Crippen LogP contribution in [0, 0.1) is 11.8 Å². The molecule has 0 aromatic heterocycles. The van der Waals surface area contributed by atoms with Crippen LogP contribution in [-0.4, -0.2) is 48.6 Å². The molecule has 25 heavy (non-hydrogen) atoms. The molecule has 1 aliphatic carbocycles. The zero-order valence-corrected chi connectivity index (χ0v) is 14.8. The second-order valence-corrected chi connectivity index (χ2v) is 9.12. The lowest BCUT2D eigenvalue weighted by atomic mass is 9.94. The van der Waals surface area contributed by atoms with E-state index in [0.717, 1.165) is 19.3 Å².